The van der Waals surface area contributed by atoms with Gasteiger partial charge in [-0.3, -0.25) is 4.79 Å². The second kappa shape index (κ2) is 9.29. The normalized spacial score (nSPS) is 15.3. The number of carbonyl (C=O) groups is 1. The monoisotopic (exact) mass is 301 g/mol. The summed E-state index contributed by atoms with van der Waals surface area (Å²) in [5, 5.41) is 2.99. The molecule has 1 aromatic carbocycles. The summed E-state index contributed by atoms with van der Waals surface area (Å²) in [5.74, 6) is 1.56. The number of nitrogens with one attached hydrogen (secondary N) is 1. The number of amides is 1. The lowest BCUT2D eigenvalue weighted by molar-refractivity contribution is -0.116. The molecule has 0 spiro atoms. The molecule has 1 amide bonds. The van der Waals surface area contributed by atoms with Gasteiger partial charge in [-0.05, 0) is 49.0 Å². The van der Waals surface area contributed by atoms with Crippen molar-refractivity contribution < 1.29 is 9.53 Å². The van der Waals surface area contributed by atoms with Gasteiger partial charge in [-0.15, -0.1) is 0 Å². The minimum Gasteiger partial charge on any atom is -0.494 e. The Morgan fingerprint density at radius 3 is 2.68 bits per heavy atom. The van der Waals surface area contributed by atoms with E-state index in [1.54, 1.807) is 6.08 Å². The van der Waals surface area contributed by atoms with Gasteiger partial charge in [0.25, 0.3) is 0 Å². The van der Waals surface area contributed by atoms with Crippen molar-refractivity contribution in [3.63, 3.8) is 0 Å². The van der Waals surface area contributed by atoms with Gasteiger partial charge in [-0.1, -0.05) is 38.3 Å². The third kappa shape index (κ3) is 5.92. The van der Waals surface area contributed by atoms with Gasteiger partial charge in [0.2, 0.25) is 5.91 Å². The maximum atomic E-state index is 11.8. The van der Waals surface area contributed by atoms with E-state index in [0.29, 0.717) is 5.92 Å². The van der Waals surface area contributed by atoms with Gasteiger partial charge in [-0.2, -0.15) is 0 Å². The molecule has 1 aromatic rings. The molecule has 1 saturated carbocycles. The Bertz CT molecular complexity index is 473. The Balaban J connectivity index is 1.73. The van der Waals surface area contributed by atoms with Gasteiger partial charge < -0.3 is 10.1 Å². The van der Waals surface area contributed by atoms with E-state index in [1.165, 1.54) is 25.7 Å². The average molecular weight is 301 g/mol. The lowest BCUT2D eigenvalue weighted by Gasteiger charge is -2.08. The molecule has 1 aliphatic carbocycles. The number of benzene rings is 1. The highest BCUT2D eigenvalue weighted by molar-refractivity contribution is 5.91. The molecule has 0 aliphatic heterocycles. The summed E-state index contributed by atoms with van der Waals surface area (Å²) in [7, 11) is 0. The van der Waals surface area contributed by atoms with Crippen LogP contribution in [0.5, 0.6) is 5.75 Å². The van der Waals surface area contributed by atoms with Gasteiger partial charge in [-0.25, -0.2) is 0 Å². The highest BCUT2D eigenvalue weighted by Gasteiger charge is 2.14. The molecular formula is C19H27NO2. The summed E-state index contributed by atoms with van der Waals surface area (Å²) in [6, 6.07) is 7.85. The largest absolute Gasteiger partial charge is 0.494 e. The van der Waals surface area contributed by atoms with Gasteiger partial charge in [0.05, 0.1) is 6.61 Å². The van der Waals surface area contributed by atoms with Crippen LogP contribution in [0.3, 0.4) is 0 Å². The number of rotatable bonds is 8. The van der Waals surface area contributed by atoms with Crippen LogP contribution in [-0.4, -0.2) is 19.1 Å². The summed E-state index contributed by atoms with van der Waals surface area (Å²) in [4.78, 5) is 11.8. The van der Waals surface area contributed by atoms with E-state index >= 15 is 0 Å². The summed E-state index contributed by atoms with van der Waals surface area (Å²) in [5.41, 5.74) is 1.01. The van der Waals surface area contributed by atoms with E-state index in [4.69, 9.17) is 4.74 Å². The molecule has 120 valence electrons. The van der Waals surface area contributed by atoms with Crippen molar-refractivity contribution in [2.45, 2.75) is 45.4 Å². The number of ether oxygens (including phenoxy) is 1. The van der Waals surface area contributed by atoms with Crippen LogP contribution in [0.15, 0.2) is 30.3 Å². The Hall–Kier alpha value is -1.77. The molecule has 0 atom stereocenters. The minimum absolute atomic E-state index is 0.00447. The van der Waals surface area contributed by atoms with E-state index < -0.39 is 0 Å². The first kappa shape index (κ1) is 16.6. The smallest absolute Gasteiger partial charge is 0.244 e. The van der Waals surface area contributed by atoms with Gasteiger partial charge in [0.15, 0.2) is 0 Å². The molecule has 1 aliphatic rings. The maximum Gasteiger partial charge on any atom is 0.244 e. The van der Waals surface area contributed by atoms with E-state index in [9.17, 15) is 4.79 Å². The fourth-order valence-electron chi connectivity index (χ4n) is 2.70. The lowest BCUT2D eigenvalue weighted by atomic mass is 10.1. The van der Waals surface area contributed by atoms with Crippen LogP contribution in [0.2, 0.25) is 0 Å². The van der Waals surface area contributed by atoms with Crippen LogP contribution in [-0.2, 0) is 4.79 Å². The first-order valence-corrected chi connectivity index (χ1v) is 8.46. The third-order valence-electron chi connectivity index (χ3n) is 4.11. The Labute approximate surface area is 133 Å². The lowest BCUT2D eigenvalue weighted by Crippen LogP contribution is -2.26. The minimum atomic E-state index is -0.00447. The molecule has 0 aromatic heterocycles. The summed E-state index contributed by atoms with van der Waals surface area (Å²) >= 11 is 0. The summed E-state index contributed by atoms with van der Waals surface area (Å²) in [6.45, 7) is 3.72. The van der Waals surface area contributed by atoms with Crippen molar-refractivity contribution in [1.29, 1.82) is 0 Å². The van der Waals surface area contributed by atoms with Gasteiger partial charge >= 0.3 is 0 Å². The fourth-order valence-corrected chi connectivity index (χ4v) is 2.70. The molecule has 1 fully saturated rings. The molecule has 0 bridgehead atoms. The number of hydrogen-bond acceptors (Lipinski definition) is 2. The first-order valence-electron chi connectivity index (χ1n) is 8.46. The highest BCUT2D eigenvalue weighted by atomic mass is 16.5. The summed E-state index contributed by atoms with van der Waals surface area (Å²) < 4.78 is 5.62. The third-order valence-corrected chi connectivity index (χ3v) is 4.11. The zero-order chi connectivity index (χ0) is 15.6. The van der Waals surface area contributed by atoms with Crippen LogP contribution in [0.4, 0.5) is 0 Å². The Kier molecular flexibility index (Phi) is 7.01. The second-order valence-corrected chi connectivity index (χ2v) is 6.00. The Morgan fingerprint density at radius 2 is 2.00 bits per heavy atom. The van der Waals surface area contributed by atoms with Crippen molar-refractivity contribution in [1.82, 2.24) is 5.32 Å². The van der Waals surface area contributed by atoms with Gasteiger partial charge in [0, 0.05) is 12.6 Å². The van der Waals surface area contributed by atoms with E-state index in [1.807, 2.05) is 30.3 Å². The Morgan fingerprint density at radius 1 is 1.27 bits per heavy atom. The maximum absolute atomic E-state index is 11.8. The number of hydrogen-bond donors (Lipinski definition) is 1. The van der Waals surface area contributed by atoms with Crippen LogP contribution >= 0.6 is 0 Å². The molecule has 2 rings (SSSR count). The zero-order valence-electron chi connectivity index (χ0n) is 13.5. The van der Waals surface area contributed by atoms with Crippen molar-refractivity contribution in [2.75, 3.05) is 13.2 Å². The zero-order valence-corrected chi connectivity index (χ0v) is 13.5. The predicted molar refractivity (Wildman–Crippen MR) is 90.8 cm³/mol. The molecule has 3 heteroatoms. The van der Waals surface area contributed by atoms with E-state index in [-0.39, 0.29) is 5.91 Å². The van der Waals surface area contributed by atoms with Crippen LogP contribution in [0.25, 0.3) is 6.08 Å². The number of unbranched alkanes of at least 4 members (excludes halogenated alkanes) is 1. The van der Waals surface area contributed by atoms with Crippen molar-refractivity contribution in [2.24, 2.45) is 5.92 Å². The summed E-state index contributed by atoms with van der Waals surface area (Å²) in [6.07, 6.45) is 10.8. The van der Waals surface area contributed by atoms with Crippen molar-refractivity contribution in [3.8, 4) is 5.75 Å². The van der Waals surface area contributed by atoms with Crippen LogP contribution < -0.4 is 10.1 Å². The molecule has 0 saturated heterocycles. The van der Waals surface area contributed by atoms with E-state index in [0.717, 1.165) is 37.3 Å². The molecule has 0 heterocycles. The van der Waals surface area contributed by atoms with Crippen molar-refractivity contribution >= 4 is 12.0 Å². The van der Waals surface area contributed by atoms with Crippen LogP contribution in [0, 0.1) is 5.92 Å². The van der Waals surface area contributed by atoms with E-state index in [2.05, 4.69) is 12.2 Å². The molecule has 22 heavy (non-hydrogen) atoms. The molecule has 1 N–H and O–H groups in total. The highest BCUT2D eigenvalue weighted by Crippen LogP contribution is 2.23. The topological polar surface area (TPSA) is 38.3 Å². The molecular weight excluding hydrogens is 274 g/mol. The fraction of sp³-hybridized carbons (Fsp3) is 0.526. The quantitative estimate of drug-likeness (QED) is 0.577. The van der Waals surface area contributed by atoms with Crippen molar-refractivity contribution in [3.05, 3.63) is 35.9 Å². The average Bonchev–Trinajstić information content (AvgIpc) is 3.06. The second-order valence-electron chi connectivity index (χ2n) is 6.00. The van der Waals surface area contributed by atoms with Crippen LogP contribution in [0.1, 0.15) is 51.0 Å². The predicted octanol–water partition coefficient (Wildman–Crippen LogP) is 4.19. The number of carbonyl (C=O) groups excluding carboxylic acids is 1. The standard InChI is InChI=1S/C19H27NO2/c1-2-3-14-22-18-11-8-16(9-12-18)10-13-19(21)20-15-17-6-4-5-7-17/h8-13,17H,2-7,14-15H2,1H3,(H,20,21). The first-order chi connectivity index (χ1) is 10.8. The SMILES string of the molecule is CCCCOc1ccc(C=CC(=O)NCC2CCCC2)cc1. The van der Waals surface area contributed by atoms with Gasteiger partial charge in [0.1, 0.15) is 5.75 Å². The molecule has 0 radical (unpaired) electrons. The molecule has 0 unspecified atom stereocenters. The molecule has 3 nitrogen and oxygen atoms in total.